The lowest BCUT2D eigenvalue weighted by Crippen LogP contribution is -2.32. The molecule has 0 saturated heterocycles. The van der Waals surface area contributed by atoms with Gasteiger partial charge in [0.2, 0.25) is 5.91 Å². The summed E-state index contributed by atoms with van der Waals surface area (Å²) in [4.78, 5) is 10.9. The molecule has 1 saturated carbocycles. The molecule has 4 nitrogen and oxygen atoms in total. The number of amides is 1. The van der Waals surface area contributed by atoms with E-state index in [2.05, 4.69) is 5.32 Å². The monoisotopic (exact) mass is 205 g/mol. The predicted octanol–water partition coefficient (Wildman–Crippen LogP) is 0.0898. The van der Waals surface area contributed by atoms with Gasteiger partial charge < -0.3 is 5.32 Å². The third-order valence-electron chi connectivity index (χ3n) is 2.42. The van der Waals surface area contributed by atoms with Gasteiger partial charge in [0.05, 0.1) is 5.25 Å². The lowest BCUT2D eigenvalue weighted by molar-refractivity contribution is -0.118. The van der Waals surface area contributed by atoms with Crippen molar-refractivity contribution in [2.45, 2.75) is 30.9 Å². The Morgan fingerprint density at radius 2 is 1.92 bits per heavy atom. The van der Waals surface area contributed by atoms with Gasteiger partial charge in [-0.05, 0) is 12.8 Å². The summed E-state index contributed by atoms with van der Waals surface area (Å²) in [6, 6.07) is 0. The highest BCUT2D eigenvalue weighted by Gasteiger charge is 2.30. The summed E-state index contributed by atoms with van der Waals surface area (Å²) in [5.41, 5.74) is 0. The maximum Gasteiger partial charge on any atom is 0.234 e. The molecule has 0 aromatic carbocycles. The van der Waals surface area contributed by atoms with E-state index in [-0.39, 0.29) is 11.0 Å². The van der Waals surface area contributed by atoms with Crippen molar-refractivity contribution in [1.29, 1.82) is 0 Å². The second kappa shape index (κ2) is 4.09. The minimum Gasteiger partial charge on any atom is -0.358 e. The van der Waals surface area contributed by atoms with E-state index >= 15 is 0 Å². The van der Waals surface area contributed by atoms with Crippen LogP contribution in [0.3, 0.4) is 0 Å². The number of nitrogens with one attached hydrogen (secondary N) is 1. The molecule has 1 amide bonds. The first-order chi connectivity index (χ1) is 6.06. The second-order valence-electron chi connectivity index (χ2n) is 3.39. The summed E-state index contributed by atoms with van der Waals surface area (Å²) in [7, 11) is -1.73. The van der Waals surface area contributed by atoms with Crippen LogP contribution in [0.2, 0.25) is 0 Å². The highest BCUT2D eigenvalue weighted by atomic mass is 32.2. The van der Waals surface area contributed by atoms with Gasteiger partial charge in [0.15, 0.2) is 9.84 Å². The molecule has 1 N–H and O–H groups in total. The van der Waals surface area contributed by atoms with Crippen molar-refractivity contribution < 1.29 is 13.2 Å². The first-order valence-electron chi connectivity index (χ1n) is 4.48. The molecule has 0 aliphatic heterocycles. The standard InChI is InChI=1S/C8H15NO3S/c1-9-8(10)6-13(11,12)7-4-2-3-5-7/h7H,2-6H2,1H3,(H,9,10). The maximum absolute atomic E-state index is 11.5. The lowest BCUT2D eigenvalue weighted by Gasteiger charge is -2.09. The summed E-state index contributed by atoms with van der Waals surface area (Å²) in [6.45, 7) is 0. The SMILES string of the molecule is CNC(=O)CS(=O)(=O)C1CCCC1. The predicted molar refractivity (Wildman–Crippen MR) is 50.1 cm³/mol. The molecule has 5 heteroatoms. The van der Waals surface area contributed by atoms with Crippen LogP contribution in [0.5, 0.6) is 0 Å². The Morgan fingerprint density at radius 3 is 2.38 bits per heavy atom. The molecule has 0 heterocycles. The highest BCUT2D eigenvalue weighted by Crippen LogP contribution is 2.24. The van der Waals surface area contributed by atoms with Gasteiger partial charge in [-0.1, -0.05) is 12.8 Å². The van der Waals surface area contributed by atoms with Gasteiger partial charge in [-0.25, -0.2) is 8.42 Å². The van der Waals surface area contributed by atoms with Crippen LogP contribution in [0.15, 0.2) is 0 Å². The molecule has 0 atom stereocenters. The maximum atomic E-state index is 11.5. The molecule has 1 aliphatic rings. The first kappa shape index (κ1) is 10.5. The molecular formula is C8H15NO3S. The zero-order valence-corrected chi connectivity index (χ0v) is 8.56. The normalized spacial score (nSPS) is 18.8. The van der Waals surface area contributed by atoms with E-state index in [0.29, 0.717) is 0 Å². The van der Waals surface area contributed by atoms with Gasteiger partial charge in [0, 0.05) is 7.05 Å². The van der Waals surface area contributed by atoms with Crippen molar-refractivity contribution in [3.8, 4) is 0 Å². The van der Waals surface area contributed by atoms with Crippen LogP contribution in [0, 0.1) is 0 Å². The fourth-order valence-corrected chi connectivity index (χ4v) is 3.42. The van der Waals surface area contributed by atoms with Crippen LogP contribution < -0.4 is 5.32 Å². The summed E-state index contributed by atoms with van der Waals surface area (Å²) in [6.07, 6.45) is 3.38. The minimum absolute atomic E-state index is 0.273. The van der Waals surface area contributed by atoms with Crippen molar-refractivity contribution in [2.75, 3.05) is 12.8 Å². The number of carbonyl (C=O) groups excluding carboxylic acids is 1. The molecule has 0 bridgehead atoms. The van der Waals surface area contributed by atoms with Crippen molar-refractivity contribution in [1.82, 2.24) is 5.32 Å². The lowest BCUT2D eigenvalue weighted by atomic mass is 10.4. The average Bonchev–Trinajstić information content (AvgIpc) is 2.55. The van der Waals surface area contributed by atoms with E-state index in [1.165, 1.54) is 7.05 Å². The van der Waals surface area contributed by atoms with Gasteiger partial charge in [-0.15, -0.1) is 0 Å². The Morgan fingerprint density at radius 1 is 1.38 bits per heavy atom. The number of sulfone groups is 1. The van der Waals surface area contributed by atoms with Gasteiger partial charge in [-0.2, -0.15) is 0 Å². The van der Waals surface area contributed by atoms with Crippen LogP contribution in [-0.2, 0) is 14.6 Å². The first-order valence-corrected chi connectivity index (χ1v) is 6.20. The Balaban J connectivity index is 2.60. The Bertz CT molecular complexity index is 278. The molecule has 0 spiro atoms. The Hall–Kier alpha value is -0.580. The number of rotatable bonds is 3. The summed E-state index contributed by atoms with van der Waals surface area (Å²) in [5.74, 6) is -0.763. The van der Waals surface area contributed by atoms with Crippen LogP contribution in [0.1, 0.15) is 25.7 Å². The molecule has 13 heavy (non-hydrogen) atoms. The smallest absolute Gasteiger partial charge is 0.234 e. The molecule has 0 unspecified atom stereocenters. The van der Waals surface area contributed by atoms with E-state index in [9.17, 15) is 13.2 Å². The summed E-state index contributed by atoms with van der Waals surface area (Å²) in [5, 5.41) is 2.05. The van der Waals surface area contributed by atoms with Crippen molar-refractivity contribution in [3.63, 3.8) is 0 Å². The number of hydrogen-bond donors (Lipinski definition) is 1. The van der Waals surface area contributed by atoms with E-state index in [4.69, 9.17) is 0 Å². The van der Waals surface area contributed by atoms with E-state index in [0.717, 1.165) is 25.7 Å². The highest BCUT2D eigenvalue weighted by molar-refractivity contribution is 7.92. The fraction of sp³-hybridized carbons (Fsp3) is 0.875. The molecule has 0 radical (unpaired) electrons. The third kappa shape index (κ3) is 2.69. The molecule has 0 aromatic heterocycles. The third-order valence-corrected chi connectivity index (χ3v) is 4.57. The Labute approximate surface area is 78.6 Å². The van der Waals surface area contributed by atoms with Gasteiger partial charge in [0.1, 0.15) is 5.75 Å². The summed E-state index contributed by atoms with van der Waals surface area (Å²) < 4.78 is 23.1. The zero-order chi connectivity index (χ0) is 9.90. The quantitative estimate of drug-likeness (QED) is 0.710. The molecule has 1 rings (SSSR count). The molecule has 1 fully saturated rings. The fourth-order valence-electron chi connectivity index (χ4n) is 1.62. The topological polar surface area (TPSA) is 63.2 Å². The van der Waals surface area contributed by atoms with Crippen molar-refractivity contribution >= 4 is 15.7 Å². The van der Waals surface area contributed by atoms with Crippen LogP contribution in [0.25, 0.3) is 0 Å². The second-order valence-corrected chi connectivity index (χ2v) is 5.67. The van der Waals surface area contributed by atoms with Crippen LogP contribution in [0.4, 0.5) is 0 Å². The van der Waals surface area contributed by atoms with Crippen molar-refractivity contribution in [3.05, 3.63) is 0 Å². The van der Waals surface area contributed by atoms with Gasteiger partial charge in [-0.3, -0.25) is 4.79 Å². The van der Waals surface area contributed by atoms with Crippen molar-refractivity contribution in [2.24, 2.45) is 0 Å². The van der Waals surface area contributed by atoms with E-state index in [1.54, 1.807) is 0 Å². The molecule has 0 aromatic rings. The van der Waals surface area contributed by atoms with Crippen LogP contribution in [-0.4, -0.2) is 32.4 Å². The Kier molecular flexibility index (Phi) is 3.30. The molecular weight excluding hydrogens is 190 g/mol. The zero-order valence-electron chi connectivity index (χ0n) is 7.75. The average molecular weight is 205 g/mol. The number of hydrogen-bond acceptors (Lipinski definition) is 3. The van der Waals surface area contributed by atoms with E-state index in [1.807, 2.05) is 0 Å². The minimum atomic E-state index is -3.18. The summed E-state index contributed by atoms with van der Waals surface area (Å²) >= 11 is 0. The molecule has 76 valence electrons. The van der Waals surface area contributed by atoms with Gasteiger partial charge >= 0.3 is 0 Å². The molecule has 1 aliphatic carbocycles. The largest absolute Gasteiger partial charge is 0.358 e. The van der Waals surface area contributed by atoms with Crippen LogP contribution >= 0.6 is 0 Å². The van der Waals surface area contributed by atoms with Gasteiger partial charge in [0.25, 0.3) is 0 Å². The van der Waals surface area contributed by atoms with E-state index < -0.39 is 15.7 Å². The number of carbonyl (C=O) groups is 1.